The fourth-order valence-corrected chi connectivity index (χ4v) is 8.82. The number of likely N-dealkylation sites (N-methyl/N-ethyl adjacent to an activating group) is 1. The second kappa shape index (κ2) is 47.9. The molecule has 0 aliphatic carbocycles. The third kappa shape index (κ3) is 49.0. The van der Waals surface area contributed by atoms with E-state index in [1.165, 1.54) is 148 Å². The number of carbonyl (C=O) groups is 2. The van der Waals surface area contributed by atoms with E-state index in [0.717, 1.165) is 77.0 Å². The second-order valence-electron chi connectivity index (χ2n) is 20.4. The van der Waals surface area contributed by atoms with Gasteiger partial charge in [0.2, 0.25) is 5.91 Å². The summed E-state index contributed by atoms with van der Waals surface area (Å²) in [6.07, 6.45) is 55.3. The monoisotopic (exact) mass is 965 g/mol. The normalized spacial score (nSPS) is 14.1. The highest BCUT2D eigenvalue weighted by atomic mass is 31.2. The highest BCUT2D eigenvalue weighted by Gasteiger charge is 2.27. The predicted octanol–water partition coefficient (Wildman–Crippen LogP) is 16.1. The van der Waals surface area contributed by atoms with Gasteiger partial charge in [-0.05, 0) is 83.1 Å². The number of quaternary nitrogens is 1. The number of phosphoric ester groups is 1. The van der Waals surface area contributed by atoms with Crippen molar-refractivity contribution in [1.29, 1.82) is 0 Å². The Balaban J connectivity index is 5.34. The van der Waals surface area contributed by atoms with Crippen LogP contribution in [0, 0.1) is 0 Å². The summed E-state index contributed by atoms with van der Waals surface area (Å²) in [7, 11) is 1.18. The Labute approximate surface area is 415 Å². The summed E-state index contributed by atoms with van der Waals surface area (Å²) >= 11 is 0. The number of ether oxygens (including phenoxy) is 1. The van der Waals surface area contributed by atoms with Gasteiger partial charge in [-0.25, -0.2) is 0 Å². The number of nitrogens with one attached hydrogen (secondary N) is 1. The van der Waals surface area contributed by atoms with Crippen molar-refractivity contribution in [3.8, 4) is 0 Å². The predicted molar refractivity (Wildman–Crippen MR) is 284 cm³/mol. The molecular weight excluding hydrogens is 856 g/mol. The molecule has 0 saturated carbocycles. The van der Waals surface area contributed by atoms with Gasteiger partial charge in [-0.15, -0.1) is 0 Å². The maximum Gasteiger partial charge on any atom is 0.306 e. The lowest BCUT2D eigenvalue weighted by Crippen LogP contribution is -2.47. The van der Waals surface area contributed by atoms with E-state index < -0.39 is 26.6 Å². The lowest BCUT2D eigenvalue weighted by atomic mass is 10.1. The Morgan fingerprint density at radius 1 is 0.507 bits per heavy atom. The fourth-order valence-electron chi connectivity index (χ4n) is 8.10. The quantitative estimate of drug-likeness (QED) is 0.0212. The molecule has 1 N–H and O–H groups in total. The Morgan fingerprint density at radius 3 is 1.28 bits per heavy atom. The number of nitrogens with zero attached hydrogens (tertiary/aromatic N) is 1. The van der Waals surface area contributed by atoms with E-state index in [1.807, 2.05) is 33.3 Å². The molecule has 0 fully saturated rings. The number of unbranched alkanes of at least 4 members (excludes halogenated alkanes) is 31. The molecule has 0 rings (SSSR count). The lowest BCUT2D eigenvalue weighted by molar-refractivity contribution is -0.870. The summed E-state index contributed by atoms with van der Waals surface area (Å²) < 4.78 is 30.2. The van der Waals surface area contributed by atoms with Crippen LogP contribution in [0.3, 0.4) is 0 Å². The molecule has 394 valence electrons. The number of rotatable bonds is 51. The van der Waals surface area contributed by atoms with Crippen LogP contribution in [-0.2, 0) is 27.9 Å². The van der Waals surface area contributed by atoms with Crippen molar-refractivity contribution in [2.45, 2.75) is 277 Å². The maximum atomic E-state index is 13.4. The first-order chi connectivity index (χ1) is 32.4. The van der Waals surface area contributed by atoms with E-state index in [-0.39, 0.29) is 24.9 Å². The smallest absolute Gasteiger partial charge is 0.306 e. The Bertz CT molecular complexity index is 1250. The van der Waals surface area contributed by atoms with E-state index in [4.69, 9.17) is 13.8 Å². The molecule has 0 aliphatic rings. The van der Waals surface area contributed by atoms with Crippen LogP contribution in [0.15, 0.2) is 36.5 Å². The number of carbonyl (C=O) groups excluding carboxylic acids is 2. The van der Waals surface area contributed by atoms with Crippen molar-refractivity contribution < 1.29 is 37.3 Å². The first kappa shape index (κ1) is 65.2. The standard InChI is InChI=1S/C57H109N2O7P/c1-7-10-13-16-19-22-25-27-28-29-30-32-35-38-41-44-47-50-57(61)66-55(48-45-42-39-36-33-24-21-18-15-12-9-3)54(53-65-67(62,63)64-52-51-59(4,5)6)58-56(60)49-46-43-40-37-34-31-26-23-20-17-14-11-8-2/h27-28,31,34,45,48,54-55H,7-26,29-30,32-33,35-44,46-47,49-53H2,1-6H3,(H-,58,60,62,63)/b28-27+,34-31-,48-45+. The zero-order valence-corrected chi connectivity index (χ0v) is 45.8. The van der Waals surface area contributed by atoms with Crippen LogP contribution in [-0.4, -0.2) is 69.4 Å². The van der Waals surface area contributed by atoms with Gasteiger partial charge in [-0.1, -0.05) is 205 Å². The molecule has 0 aromatic heterocycles. The Morgan fingerprint density at radius 2 is 0.866 bits per heavy atom. The van der Waals surface area contributed by atoms with Crippen LogP contribution < -0.4 is 10.2 Å². The van der Waals surface area contributed by atoms with E-state index in [9.17, 15) is 19.0 Å². The molecule has 3 unspecified atom stereocenters. The number of hydrogen-bond donors (Lipinski definition) is 1. The zero-order chi connectivity index (χ0) is 49.4. The van der Waals surface area contributed by atoms with Crippen molar-refractivity contribution in [3.63, 3.8) is 0 Å². The lowest BCUT2D eigenvalue weighted by Gasteiger charge is -2.30. The van der Waals surface area contributed by atoms with Crippen LogP contribution in [0.1, 0.15) is 265 Å². The molecule has 0 saturated heterocycles. The van der Waals surface area contributed by atoms with Crippen molar-refractivity contribution >= 4 is 19.7 Å². The van der Waals surface area contributed by atoms with Crippen LogP contribution in [0.4, 0.5) is 0 Å². The van der Waals surface area contributed by atoms with Crippen LogP contribution >= 0.6 is 7.82 Å². The summed E-state index contributed by atoms with van der Waals surface area (Å²) in [6.45, 7) is 6.81. The largest absolute Gasteiger partial charge is 0.756 e. The fraction of sp³-hybridized carbons (Fsp3) is 0.860. The molecular formula is C57H109N2O7P. The summed E-state index contributed by atoms with van der Waals surface area (Å²) in [4.78, 5) is 39.7. The van der Waals surface area contributed by atoms with Crippen LogP contribution in [0.2, 0.25) is 0 Å². The maximum absolute atomic E-state index is 13.4. The van der Waals surface area contributed by atoms with Gasteiger partial charge in [-0.2, -0.15) is 0 Å². The minimum absolute atomic E-state index is 0.0245. The van der Waals surface area contributed by atoms with Gasteiger partial charge in [0, 0.05) is 12.8 Å². The molecule has 0 heterocycles. The van der Waals surface area contributed by atoms with Crippen molar-refractivity contribution in [2.24, 2.45) is 0 Å². The first-order valence-corrected chi connectivity index (χ1v) is 29.8. The molecule has 0 spiro atoms. The van der Waals surface area contributed by atoms with E-state index >= 15 is 0 Å². The van der Waals surface area contributed by atoms with E-state index in [2.05, 4.69) is 50.4 Å². The number of phosphoric acid groups is 1. The van der Waals surface area contributed by atoms with Gasteiger partial charge in [-0.3, -0.25) is 14.2 Å². The van der Waals surface area contributed by atoms with Gasteiger partial charge in [0.05, 0.1) is 33.8 Å². The molecule has 1 amide bonds. The number of amides is 1. The average Bonchev–Trinajstić information content (AvgIpc) is 3.28. The molecule has 0 bridgehead atoms. The third-order valence-corrected chi connectivity index (χ3v) is 13.5. The van der Waals surface area contributed by atoms with Gasteiger partial charge in [0.25, 0.3) is 7.82 Å². The number of hydrogen-bond acceptors (Lipinski definition) is 7. The van der Waals surface area contributed by atoms with Gasteiger partial charge in [0.15, 0.2) is 0 Å². The highest BCUT2D eigenvalue weighted by molar-refractivity contribution is 7.45. The number of esters is 1. The summed E-state index contributed by atoms with van der Waals surface area (Å²) in [5, 5.41) is 3.01. The first-order valence-electron chi connectivity index (χ1n) is 28.3. The molecule has 67 heavy (non-hydrogen) atoms. The van der Waals surface area contributed by atoms with Crippen molar-refractivity contribution in [2.75, 3.05) is 40.9 Å². The molecule has 3 atom stereocenters. The molecule has 0 aliphatic heterocycles. The van der Waals surface area contributed by atoms with Crippen molar-refractivity contribution in [1.82, 2.24) is 5.32 Å². The molecule has 10 heteroatoms. The minimum atomic E-state index is -4.69. The molecule has 0 aromatic carbocycles. The molecule has 0 radical (unpaired) electrons. The van der Waals surface area contributed by atoms with Gasteiger partial charge in [0.1, 0.15) is 19.3 Å². The molecule has 0 aromatic rings. The number of allylic oxidation sites excluding steroid dienone is 5. The topological polar surface area (TPSA) is 114 Å². The van der Waals surface area contributed by atoms with Gasteiger partial charge < -0.3 is 28.5 Å². The second-order valence-corrected chi connectivity index (χ2v) is 21.8. The van der Waals surface area contributed by atoms with Crippen molar-refractivity contribution in [3.05, 3.63) is 36.5 Å². The average molecular weight is 965 g/mol. The summed E-state index contributed by atoms with van der Waals surface area (Å²) in [5.74, 6) is -0.560. The van der Waals surface area contributed by atoms with E-state index in [0.29, 0.717) is 23.9 Å². The zero-order valence-electron chi connectivity index (χ0n) is 44.9. The van der Waals surface area contributed by atoms with Gasteiger partial charge >= 0.3 is 5.97 Å². The Kier molecular flexibility index (Phi) is 46.6. The van der Waals surface area contributed by atoms with E-state index in [1.54, 1.807) is 0 Å². The SMILES string of the molecule is CCCCCCCC/C=C\CCCCCC(=O)NC(COP(=O)([O-])OCC[N+](C)(C)C)C(/C=C/CCCCCCCCCCC)OC(=O)CCCCCCCCC/C=C/CCCCCCCC. The third-order valence-electron chi connectivity index (χ3n) is 12.5. The molecule has 9 nitrogen and oxygen atoms in total. The Hall–Kier alpha value is -1.77. The van der Waals surface area contributed by atoms with Crippen LogP contribution in [0.25, 0.3) is 0 Å². The summed E-state index contributed by atoms with van der Waals surface area (Å²) in [5.41, 5.74) is 0. The summed E-state index contributed by atoms with van der Waals surface area (Å²) in [6, 6.07) is -0.893. The highest BCUT2D eigenvalue weighted by Crippen LogP contribution is 2.38. The van der Waals surface area contributed by atoms with Crippen LogP contribution in [0.5, 0.6) is 0 Å². The minimum Gasteiger partial charge on any atom is -0.756 e.